The number of ether oxygens (including phenoxy) is 1. The summed E-state index contributed by atoms with van der Waals surface area (Å²) in [6.45, 7) is 9.57. The number of hydrogen-bond acceptors (Lipinski definition) is 2. The minimum absolute atomic E-state index is 0.211. The number of benzene rings is 1. The van der Waals surface area contributed by atoms with E-state index in [-0.39, 0.29) is 6.10 Å². The van der Waals surface area contributed by atoms with Gasteiger partial charge in [0.25, 0.3) is 0 Å². The molecule has 1 aromatic carbocycles. The lowest BCUT2D eigenvalue weighted by Crippen LogP contribution is -2.22. The fraction of sp³-hybridized carbons (Fsp3) is 0.625. The van der Waals surface area contributed by atoms with Crippen molar-refractivity contribution in [2.75, 3.05) is 19.7 Å². The van der Waals surface area contributed by atoms with Crippen LogP contribution < -0.4 is 5.32 Å². The molecule has 1 N–H and O–H groups in total. The van der Waals surface area contributed by atoms with Crippen molar-refractivity contribution in [2.24, 2.45) is 11.8 Å². The Balaban J connectivity index is 2.00. The first kappa shape index (κ1) is 13.6. The van der Waals surface area contributed by atoms with Crippen molar-refractivity contribution in [1.82, 2.24) is 5.32 Å². The third kappa shape index (κ3) is 3.82. The minimum Gasteiger partial charge on any atom is -0.372 e. The van der Waals surface area contributed by atoms with E-state index in [2.05, 4.69) is 50.4 Å². The van der Waals surface area contributed by atoms with Crippen LogP contribution in [0.3, 0.4) is 0 Å². The third-order valence-corrected chi connectivity index (χ3v) is 3.40. The van der Waals surface area contributed by atoms with E-state index in [0.29, 0.717) is 11.8 Å². The molecule has 2 nitrogen and oxygen atoms in total. The fourth-order valence-electron chi connectivity index (χ4n) is 2.41. The van der Waals surface area contributed by atoms with Crippen LogP contribution in [0, 0.1) is 11.8 Å². The molecule has 1 fully saturated rings. The summed E-state index contributed by atoms with van der Waals surface area (Å²) in [6, 6.07) is 8.93. The molecule has 1 aliphatic heterocycles. The molecule has 0 aliphatic carbocycles. The Morgan fingerprint density at radius 1 is 1.22 bits per heavy atom. The summed E-state index contributed by atoms with van der Waals surface area (Å²) in [5, 5.41) is 3.47. The van der Waals surface area contributed by atoms with Crippen LogP contribution in [-0.4, -0.2) is 19.7 Å². The van der Waals surface area contributed by atoms with Crippen molar-refractivity contribution in [3.8, 4) is 0 Å². The Kier molecular flexibility index (Phi) is 4.79. The number of rotatable bonds is 3. The lowest BCUT2D eigenvalue weighted by molar-refractivity contribution is 0.0515. The van der Waals surface area contributed by atoms with Crippen LogP contribution in [-0.2, 0) is 11.2 Å². The van der Waals surface area contributed by atoms with Crippen LogP contribution in [0.25, 0.3) is 0 Å². The molecule has 1 aliphatic rings. The number of nitrogens with one attached hydrogen (secondary N) is 1. The van der Waals surface area contributed by atoms with E-state index in [4.69, 9.17) is 4.74 Å². The zero-order valence-electron chi connectivity index (χ0n) is 11.8. The van der Waals surface area contributed by atoms with Gasteiger partial charge in [-0.05, 0) is 29.4 Å². The molecule has 0 spiro atoms. The molecule has 2 heteroatoms. The second-order valence-corrected chi connectivity index (χ2v) is 5.92. The second kappa shape index (κ2) is 6.35. The van der Waals surface area contributed by atoms with Gasteiger partial charge in [-0.2, -0.15) is 0 Å². The van der Waals surface area contributed by atoms with Crippen LogP contribution in [0.2, 0.25) is 0 Å². The smallest absolute Gasteiger partial charge is 0.0949 e. The van der Waals surface area contributed by atoms with Gasteiger partial charge in [0.1, 0.15) is 0 Å². The second-order valence-electron chi connectivity index (χ2n) is 5.92. The van der Waals surface area contributed by atoms with Crippen LogP contribution in [0.1, 0.15) is 38.0 Å². The van der Waals surface area contributed by atoms with Gasteiger partial charge < -0.3 is 10.1 Å². The van der Waals surface area contributed by atoms with Crippen molar-refractivity contribution < 1.29 is 4.74 Å². The summed E-state index contributed by atoms with van der Waals surface area (Å²) >= 11 is 0. The van der Waals surface area contributed by atoms with E-state index in [1.165, 1.54) is 11.1 Å². The molecular weight excluding hydrogens is 222 g/mol. The van der Waals surface area contributed by atoms with Gasteiger partial charge in [-0.1, -0.05) is 45.0 Å². The normalized spacial score (nSPS) is 25.1. The predicted octanol–water partition coefficient (Wildman–Crippen LogP) is 3.18. The molecule has 0 amide bonds. The highest BCUT2D eigenvalue weighted by Crippen LogP contribution is 2.21. The Labute approximate surface area is 111 Å². The molecular formula is C16H25NO. The predicted molar refractivity (Wildman–Crippen MR) is 75.7 cm³/mol. The van der Waals surface area contributed by atoms with Gasteiger partial charge in [0.2, 0.25) is 0 Å². The van der Waals surface area contributed by atoms with Crippen molar-refractivity contribution in [3.63, 3.8) is 0 Å². The summed E-state index contributed by atoms with van der Waals surface area (Å²) < 4.78 is 5.96. The molecule has 1 aromatic rings. The van der Waals surface area contributed by atoms with Gasteiger partial charge in [-0.25, -0.2) is 0 Å². The van der Waals surface area contributed by atoms with Crippen LogP contribution in [0.4, 0.5) is 0 Å². The largest absolute Gasteiger partial charge is 0.372 e. The van der Waals surface area contributed by atoms with Crippen LogP contribution in [0.5, 0.6) is 0 Å². The molecule has 0 radical (unpaired) electrons. The standard InChI is InChI=1S/C16H25NO/c1-12(2)8-14-4-6-15(7-5-14)16-10-17-9-13(3)11-18-16/h4-7,12-13,16-17H,8-11H2,1-3H3. The lowest BCUT2D eigenvalue weighted by Gasteiger charge is -2.16. The highest BCUT2D eigenvalue weighted by Gasteiger charge is 2.17. The topological polar surface area (TPSA) is 21.3 Å². The zero-order chi connectivity index (χ0) is 13.0. The SMILES string of the molecule is CC(C)Cc1ccc(C2CNCC(C)CO2)cc1. The van der Waals surface area contributed by atoms with Gasteiger partial charge in [-0.3, -0.25) is 0 Å². The Morgan fingerprint density at radius 2 is 1.94 bits per heavy atom. The first-order valence-corrected chi connectivity index (χ1v) is 7.06. The van der Waals surface area contributed by atoms with E-state index >= 15 is 0 Å². The summed E-state index contributed by atoms with van der Waals surface area (Å²) in [7, 11) is 0. The molecule has 1 heterocycles. The van der Waals surface area contributed by atoms with Crippen LogP contribution in [0.15, 0.2) is 24.3 Å². The molecule has 2 atom stereocenters. The van der Waals surface area contributed by atoms with Gasteiger partial charge in [0, 0.05) is 13.1 Å². The highest BCUT2D eigenvalue weighted by molar-refractivity contribution is 5.25. The monoisotopic (exact) mass is 247 g/mol. The molecule has 0 saturated carbocycles. The summed E-state index contributed by atoms with van der Waals surface area (Å²) in [5.41, 5.74) is 2.72. The van der Waals surface area contributed by atoms with Gasteiger partial charge in [-0.15, -0.1) is 0 Å². The van der Waals surface area contributed by atoms with Crippen molar-refractivity contribution in [2.45, 2.75) is 33.3 Å². The van der Waals surface area contributed by atoms with Crippen molar-refractivity contribution in [3.05, 3.63) is 35.4 Å². The third-order valence-electron chi connectivity index (χ3n) is 3.40. The molecule has 0 bridgehead atoms. The van der Waals surface area contributed by atoms with E-state index in [1.54, 1.807) is 0 Å². The van der Waals surface area contributed by atoms with Gasteiger partial charge >= 0.3 is 0 Å². The average molecular weight is 247 g/mol. The van der Waals surface area contributed by atoms with E-state index in [0.717, 1.165) is 26.1 Å². The average Bonchev–Trinajstić information content (AvgIpc) is 2.54. The molecule has 18 heavy (non-hydrogen) atoms. The van der Waals surface area contributed by atoms with Gasteiger partial charge in [0.15, 0.2) is 0 Å². The summed E-state index contributed by atoms with van der Waals surface area (Å²) in [6.07, 6.45) is 1.37. The molecule has 0 aromatic heterocycles. The Morgan fingerprint density at radius 3 is 2.61 bits per heavy atom. The zero-order valence-corrected chi connectivity index (χ0v) is 11.8. The van der Waals surface area contributed by atoms with Crippen molar-refractivity contribution >= 4 is 0 Å². The van der Waals surface area contributed by atoms with Crippen LogP contribution >= 0.6 is 0 Å². The van der Waals surface area contributed by atoms with Gasteiger partial charge in [0.05, 0.1) is 12.7 Å². The maximum atomic E-state index is 5.96. The summed E-state index contributed by atoms with van der Waals surface area (Å²) in [4.78, 5) is 0. The maximum absolute atomic E-state index is 5.96. The van der Waals surface area contributed by atoms with E-state index in [1.807, 2.05) is 0 Å². The first-order chi connectivity index (χ1) is 8.65. The highest BCUT2D eigenvalue weighted by atomic mass is 16.5. The number of hydrogen-bond donors (Lipinski definition) is 1. The van der Waals surface area contributed by atoms with E-state index < -0.39 is 0 Å². The molecule has 1 saturated heterocycles. The quantitative estimate of drug-likeness (QED) is 0.885. The van der Waals surface area contributed by atoms with Crippen molar-refractivity contribution in [1.29, 1.82) is 0 Å². The summed E-state index contributed by atoms with van der Waals surface area (Å²) in [5.74, 6) is 1.32. The molecule has 2 unspecified atom stereocenters. The Bertz CT molecular complexity index is 358. The van der Waals surface area contributed by atoms with E-state index in [9.17, 15) is 0 Å². The fourth-order valence-corrected chi connectivity index (χ4v) is 2.41. The Hall–Kier alpha value is -0.860. The first-order valence-electron chi connectivity index (χ1n) is 7.06. The molecule has 2 rings (SSSR count). The maximum Gasteiger partial charge on any atom is 0.0949 e. The lowest BCUT2D eigenvalue weighted by atomic mass is 10.0. The molecule has 100 valence electrons. The minimum atomic E-state index is 0.211.